The zero-order chi connectivity index (χ0) is 18.4. The molecule has 0 saturated heterocycles. The normalized spacial score (nSPS) is 10.2. The molecule has 0 bridgehead atoms. The molecule has 0 atom stereocenters. The van der Waals surface area contributed by atoms with E-state index >= 15 is 0 Å². The molecule has 0 unspecified atom stereocenters. The van der Waals surface area contributed by atoms with Crippen molar-refractivity contribution in [3.63, 3.8) is 0 Å². The van der Waals surface area contributed by atoms with Crippen molar-refractivity contribution in [3.8, 4) is 5.75 Å². The summed E-state index contributed by atoms with van der Waals surface area (Å²) in [6.07, 6.45) is 0. The third kappa shape index (κ3) is 4.46. The van der Waals surface area contributed by atoms with E-state index in [4.69, 9.17) is 9.47 Å². The van der Waals surface area contributed by atoms with Crippen molar-refractivity contribution < 1.29 is 19.1 Å². The first-order valence-electron chi connectivity index (χ1n) is 7.77. The molecule has 6 nitrogen and oxygen atoms in total. The van der Waals surface area contributed by atoms with E-state index in [0.717, 1.165) is 0 Å². The molecule has 1 aromatic heterocycles. The Morgan fingerprint density at radius 2 is 1.92 bits per heavy atom. The number of thiazole rings is 1. The van der Waals surface area contributed by atoms with E-state index in [1.54, 1.807) is 61.0 Å². The molecule has 0 radical (unpaired) electrons. The number of anilines is 1. The molecule has 3 rings (SSSR count). The third-order valence-corrected chi connectivity index (χ3v) is 4.27. The lowest BCUT2D eigenvalue weighted by Gasteiger charge is -2.05. The summed E-state index contributed by atoms with van der Waals surface area (Å²) in [5, 5.41) is 4.93. The Morgan fingerprint density at radius 1 is 1.12 bits per heavy atom. The van der Waals surface area contributed by atoms with E-state index in [9.17, 15) is 9.59 Å². The van der Waals surface area contributed by atoms with Crippen molar-refractivity contribution in [1.29, 1.82) is 0 Å². The van der Waals surface area contributed by atoms with E-state index in [2.05, 4.69) is 10.3 Å². The molecular weight excluding hydrogens is 352 g/mol. The van der Waals surface area contributed by atoms with Crippen molar-refractivity contribution in [1.82, 2.24) is 4.98 Å². The number of ether oxygens (including phenoxy) is 2. The summed E-state index contributed by atoms with van der Waals surface area (Å²) < 4.78 is 10.3. The Labute approximate surface area is 154 Å². The molecule has 26 heavy (non-hydrogen) atoms. The molecule has 0 aliphatic heterocycles. The number of carbonyl (C=O) groups excluding carboxylic acids is 2. The second-order valence-electron chi connectivity index (χ2n) is 5.25. The van der Waals surface area contributed by atoms with Crippen molar-refractivity contribution in [2.45, 2.75) is 6.61 Å². The number of carbonyl (C=O) groups is 2. The van der Waals surface area contributed by atoms with Gasteiger partial charge in [-0.2, -0.15) is 0 Å². The van der Waals surface area contributed by atoms with Gasteiger partial charge in [-0.25, -0.2) is 9.78 Å². The molecule has 1 N–H and O–H groups in total. The highest BCUT2D eigenvalue weighted by atomic mass is 32.1. The van der Waals surface area contributed by atoms with E-state index in [1.165, 1.54) is 11.3 Å². The lowest BCUT2D eigenvalue weighted by molar-refractivity contribution is 0.0472. The van der Waals surface area contributed by atoms with Crippen molar-refractivity contribution in [2.24, 2.45) is 0 Å². The smallest absolute Gasteiger partial charge is 0.338 e. The van der Waals surface area contributed by atoms with Crippen molar-refractivity contribution in [2.75, 3.05) is 12.4 Å². The van der Waals surface area contributed by atoms with Gasteiger partial charge in [0.1, 0.15) is 23.1 Å². The van der Waals surface area contributed by atoms with Gasteiger partial charge in [0, 0.05) is 17.1 Å². The maximum absolute atomic E-state index is 12.3. The molecule has 0 saturated carbocycles. The second-order valence-corrected chi connectivity index (χ2v) is 6.20. The van der Waals surface area contributed by atoms with Crippen LogP contribution in [0.15, 0.2) is 60.0 Å². The molecule has 0 spiro atoms. The first-order valence-corrected chi connectivity index (χ1v) is 8.65. The second kappa shape index (κ2) is 8.26. The third-order valence-electron chi connectivity index (χ3n) is 3.45. The topological polar surface area (TPSA) is 77.5 Å². The average molecular weight is 368 g/mol. The van der Waals surface area contributed by atoms with Gasteiger partial charge in [-0.15, -0.1) is 11.3 Å². The summed E-state index contributed by atoms with van der Waals surface area (Å²) in [6.45, 7) is 0.0187. The lowest BCUT2D eigenvalue weighted by Crippen LogP contribution is -2.12. The number of benzene rings is 2. The van der Waals surface area contributed by atoms with Crippen LogP contribution in [0.5, 0.6) is 5.75 Å². The number of aromatic nitrogens is 1. The molecule has 1 heterocycles. The minimum Gasteiger partial charge on any atom is -0.497 e. The SMILES string of the molecule is COc1cccc(NC(=O)c2csc(COC(=O)c3ccccc3)n2)c1. The quantitative estimate of drug-likeness (QED) is 0.670. The van der Waals surface area contributed by atoms with Crippen LogP contribution in [0.25, 0.3) is 0 Å². The number of amides is 1. The molecule has 132 valence electrons. The van der Waals surface area contributed by atoms with Crippen molar-refractivity contribution >= 4 is 28.9 Å². The van der Waals surface area contributed by atoms with Gasteiger partial charge >= 0.3 is 5.97 Å². The first-order chi connectivity index (χ1) is 12.7. The number of nitrogens with one attached hydrogen (secondary N) is 1. The van der Waals surface area contributed by atoms with Crippen LogP contribution in [0.2, 0.25) is 0 Å². The van der Waals surface area contributed by atoms with Crippen LogP contribution in [-0.4, -0.2) is 24.0 Å². The zero-order valence-electron chi connectivity index (χ0n) is 14.0. The predicted octanol–water partition coefficient (Wildman–Crippen LogP) is 3.76. The van der Waals surface area contributed by atoms with Crippen LogP contribution in [-0.2, 0) is 11.3 Å². The van der Waals surface area contributed by atoms with Crippen LogP contribution in [0.3, 0.4) is 0 Å². The van der Waals surface area contributed by atoms with Crippen LogP contribution < -0.4 is 10.1 Å². The van der Waals surface area contributed by atoms with E-state index < -0.39 is 5.97 Å². The fraction of sp³-hybridized carbons (Fsp3) is 0.105. The van der Waals surface area contributed by atoms with Gasteiger partial charge in [0.05, 0.1) is 12.7 Å². The molecule has 2 aromatic carbocycles. The molecule has 0 aliphatic carbocycles. The molecule has 3 aromatic rings. The summed E-state index contributed by atoms with van der Waals surface area (Å²) >= 11 is 1.26. The summed E-state index contributed by atoms with van der Waals surface area (Å²) in [4.78, 5) is 28.4. The highest BCUT2D eigenvalue weighted by Crippen LogP contribution is 2.18. The zero-order valence-corrected chi connectivity index (χ0v) is 14.8. The largest absolute Gasteiger partial charge is 0.497 e. The number of hydrogen-bond acceptors (Lipinski definition) is 6. The molecule has 0 aliphatic rings. The van der Waals surface area contributed by atoms with Gasteiger partial charge < -0.3 is 14.8 Å². The highest BCUT2D eigenvalue weighted by Gasteiger charge is 2.13. The first kappa shape index (κ1) is 17.6. The van der Waals surface area contributed by atoms with Crippen LogP contribution in [0, 0.1) is 0 Å². The van der Waals surface area contributed by atoms with Crippen LogP contribution >= 0.6 is 11.3 Å². The summed E-state index contributed by atoms with van der Waals surface area (Å²) in [5.74, 6) is -0.118. The molecule has 0 fully saturated rings. The number of esters is 1. The summed E-state index contributed by atoms with van der Waals surface area (Å²) in [7, 11) is 1.56. The van der Waals surface area contributed by atoms with Gasteiger partial charge in [-0.05, 0) is 24.3 Å². The highest BCUT2D eigenvalue weighted by molar-refractivity contribution is 7.09. The number of hydrogen-bond donors (Lipinski definition) is 1. The molecular formula is C19H16N2O4S. The molecule has 7 heteroatoms. The monoisotopic (exact) mass is 368 g/mol. The Morgan fingerprint density at radius 3 is 2.69 bits per heavy atom. The van der Waals surface area contributed by atoms with E-state index in [1.807, 2.05) is 6.07 Å². The Kier molecular flexibility index (Phi) is 5.60. The summed E-state index contributed by atoms with van der Waals surface area (Å²) in [5.41, 5.74) is 1.35. The fourth-order valence-electron chi connectivity index (χ4n) is 2.16. The van der Waals surface area contributed by atoms with Crippen LogP contribution in [0.4, 0.5) is 5.69 Å². The Bertz CT molecular complexity index is 909. The average Bonchev–Trinajstić information content (AvgIpc) is 3.16. The number of nitrogens with zero attached hydrogens (tertiary/aromatic N) is 1. The number of methoxy groups -OCH3 is 1. The molecule has 1 amide bonds. The van der Waals surface area contributed by atoms with Gasteiger partial charge in [-0.1, -0.05) is 24.3 Å². The van der Waals surface area contributed by atoms with Gasteiger partial charge in [0.25, 0.3) is 5.91 Å². The Balaban J connectivity index is 1.58. The maximum atomic E-state index is 12.3. The maximum Gasteiger partial charge on any atom is 0.338 e. The van der Waals surface area contributed by atoms with Gasteiger partial charge in [0.2, 0.25) is 0 Å². The Hall–Kier alpha value is -3.19. The summed E-state index contributed by atoms with van der Waals surface area (Å²) in [6, 6.07) is 15.8. The van der Waals surface area contributed by atoms with Crippen molar-refractivity contribution in [3.05, 3.63) is 76.2 Å². The lowest BCUT2D eigenvalue weighted by atomic mass is 10.2. The van der Waals surface area contributed by atoms with E-state index in [0.29, 0.717) is 22.0 Å². The fourth-order valence-corrected chi connectivity index (χ4v) is 2.85. The number of rotatable bonds is 6. The van der Waals surface area contributed by atoms with Crippen LogP contribution in [0.1, 0.15) is 25.9 Å². The standard InChI is InChI=1S/C19H16N2O4S/c1-24-15-9-5-8-14(10-15)20-18(22)16-12-26-17(21-16)11-25-19(23)13-6-3-2-4-7-13/h2-10,12H,11H2,1H3,(H,20,22). The minimum atomic E-state index is -0.428. The minimum absolute atomic E-state index is 0.0187. The van der Waals surface area contributed by atoms with Gasteiger partial charge in [0.15, 0.2) is 0 Å². The van der Waals surface area contributed by atoms with Gasteiger partial charge in [-0.3, -0.25) is 4.79 Å². The van der Waals surface area contributed by atoms with E-state index in [-0.39, 0.29) is 18.2 Å². The predicted molar refractivity (Wildman–Crippen MR) is 98.6 cm³/mol.